The molecule has 1 fully saturated rings. The lowest BCUT2D eigenvalue weighted by molar-refractivity contribution is 0.0468. The molecule has 0 spiro atoms. The number of hydrogen-bond donors (Lipinski definition) is 0. The molecule has 6 nitrogen and oxygen atoms in total. The van der Waals surface area contributed by atoms with Crippen molar-refractivity contribution >= 4 is 21.7 Å². The van der Waals surface area contributed by atoms with Gasteiger partial charge in [0.15, 0.2) is 11.6 Å². The maximum atomic E-state index is 13.8. The molecule has 1 aliphatic rings. The molecule has 0 aliphatic carbocycles. The van der Waals surface area contributed by atoms with Crippen LogP contribution >= 0.6 is 0 Å². The Hall–Kier alpha value is -2.52. The molecule has 0 aromatic heterocycles. The van der Waals surface area contributed by atoms with Crippen LogP contribution in [0.2, 0.25) is 0 Å². The van der Waals surface area contributed by atoms with Gasteiger partial charge in [0.1, 0.15) is 6.61 Å². The fourth-order valence-electron chi connectivity index (χ4n) is 3.16. The highest BCUT2D eigenvalue weighted by Gasteiger charge is 2.25. The third kappa shape index (κ3) is 4.40. The number of benzene rings is 2. The molecule has 0 saturated carbocycles. The van der Waals surface area contributed by atoms with Crippen LogP contribution in [0.4, 0.5) is 14.5 Å². The molecule has 29 heavy (non-hydrogen) atoms. The fourth-order valence-corrected chi connectivity index (χ4v) is 4.09. The average molecular weight is 424 g/mol. The Morgan fingerprint density at radius 3 is 2.48 bits per heavy atom. The van der Waals surface area contributed by atoms with Crippen LogP contribution in [0, 0.1) is 11.6 Å². The minimum atomic E-state index is -3.76. The summed E-state index contributed by atoms with van der Waals surface area (Å²) in [6, 6.07) is 7.92. The number of anilines is 1. The van der Waals surface area contributed by atoms with E-state index >= 15 is 0 Å². The molecule has 1 saturated heterocycles. The summed E-state index contributed by atoms with van der Waals surface area (Å²) < 4.78 is 58.4. The van der Waals surface area contributed by atoms with Gasteiger partial charge in [-0.2, -0.15) is 0 Å². The standard InChI is InChI=1S/C20H22F2N2O4S/c1-23(2)29(26,27)15-8-9-18(24-10-3-4-11-24)16(12-15)20(25)28-13-14-6-5-7-17(21)19(14)22/h5-9,12H,3-4,10-11,13H2,1-2H3. The molecule has 156 valence electrons. The summed E-state index contributed by atoms with van der Waals surface area (Å²) in [5, 5.41) is 0. The Morgan fingerprint density at radius 2 is 1.83 bits per heavy atom. The number of nitrogens with zero attached hydrogens (tertiary/aromatic N) is 2. The predicted molar refractivity (Wildman–Crippen MR) is 104 cm³/mol. The minimum Gasteiger partial charge on any atom is -0.457 e. The molecule has 3 rings (SSSR count). The van der Waals surface area contributed by atoms with Crippen LogP contribution in [0.15, 0.2) is 41.3 Å². The second-order valence-electron chi connectivity index (χ2n) is 6.95. The van der Waals surface area contributed by atoms with Crippen molar-refractivity contribution < 1.29 is 26.7 Å². The Kier molecular flexibility index (Phi) is 6.18. The molecule has 0 radical (unpaired) electrons. The number of esters is 1. The third-order valence-corrected chi connectivity index (χ3v) is 6.61. The number of sulfonamides is 1. The summed E-state index contributed by atoms with van der Waals surface area (Å²) in [5.74, 6) is -2.91. The molecule has 2 aromatic rings. The molecule has 0 N–H and O–H groups in total. The largest absolute Gasteiger partial charge is 0.457 e. The van der Waals surface area contributed by atoms with E-state index in [0.29, 0.717) is 5.69 Å². The van der Waals surface area contributed by atoms with E-state index in [1.807, 2.05) is 4.90 Å². The summed E-state index contributed by atoms with van der Waals surface area (Å²) in [4.78, 5) is 14.7. The van der Waals surface area contributed by atoms with Crippen LogP contribution in [0.5, 0.6) is 0 Å². The van der Waals surface area contributed by atoms with Gasteiger partial charge in [0.25, 0.3) is 0 Å². The molecular weight excluding hydrogens is 402 g/mol. The van der Waals surface area contributed by atoms with Gasteiger partial charge in [-0.15, -0.1) is 0 Å². The van der Waals surface area contributed by atoms with E-state index in [4.69, 9.17) is 4.74 Å². The van der Waals surface area contributed by atoms with Gasteiger partial charge in [-0.25, -0.2) is 26.3 Å². The molecule has 9 heteroatoms. The van der Waals surface area contributed by atoms with Crippen LogP contribution in [0.3, 0.4) is 0 Å². The Balaban J connectivity index is 1.93. The van der Waals surface area contributed by atoms with Crippen LogP contribution in [-0.4, -0.2) is 45.9 Å². The number of ether oxygens (including phenoxy) is 1. The van der Waals surface area contributed by atoms with Crippen molar-refractivity contribution in [3.05, 3.63) is 59.2 Å². The zero-order chi connectivity index (χ0) is 21.2. The van der Waals surface area contributed by atoms with E-state index in [1.54, 1.807) is 6.07 Å². The zero-order valence-electron chi connectivity index (χ0n) is 16.2. The van der Waals surface area contributed by atoms with E-state index in [9.17, 15) is 22.0 Å². The second-order valence-corrected chi connectivity index (χ2v) is 9.10. The Bertz CT molecular complexity index is 1020. The first-order valence-electron chi connectivity index (χ1n) is 9.13. The summed E-state index contributed by atoms with van der Waals surface area (Å²) in [7, 11) is -0.961. The first-order chi connectivity index (χ1) is 13.7. The number of halogens is 2. The molecule has 1 aliphatic heterocycles. The summed E-state index contributed by atoms with van der Waals surface area (Å²) in [5.41, 5.74) is 0.537. The molecule has 1 heterocycles. The molecule has 0 atom stereocenters. The van der Waals surface area contributed by atoms with Crippen LogP contribution in [0.25, 0.3) is 0 Å². The van der Waals surface area contributed by atoms with E-state index in [1.165, 1.54) is 38.4 Å². The first kappa shape index (κ1) is 21.2. The molecule has 0 bridgehead atoms. The lowest BCUT2D eigenvalue weighted by Crippen LogP contribution is -2.24. The van der Waals surface area contributed by atoms with E-state index in [0.717, 1.165) is 36.3 Å². The lowest BCUT2D eigenvalue weighted by Gasteiger charge is -2.22. The number of hydrogen-bond acceptors (Lipinski definition) is 5. The summed E-state index contributed by atoms with van der Waals surface area (Å²) in [6.07, 6.45) is 1.92. The van der Waals surface area contributed by atoms with Gasteiger partial charge in [0, 0.05) is 32.7 Å². The van der Waals surface area contributed by atoms with E-state index < -0.39 is 34.2 Å². The third-order valence-electron chi connectivity index (χ3n) is 4.80. The first-order valence-corrected chi connectivity index (χ1v) is 10.6. The minimum absolute atomic E-state index is 0.0469. The SMILES string of the molecule is CN(C)S(=O)(=O)c1ccc(N2CCCC2)c(C(=O)OCc2cccc(F)c2F)c1. The number of carbonyl (C=O) groups is 1. The summed E-state index contributed by atoms with van der Waals surface area (Å²) in [6.45, 7) is 1.00. The van der Waals surface area contributed by atoms with Gasteiger partial charge >= 0.3 is 5.97 Å². The fraction of sp³-hybridized carbons (Fsp3) is 0.350. The van der Waals surface area contributed by atoms with Crippen molar-refractivity contribution in [2.45, 2.75) is 24.3 Å². The number of rotatable bonds is 6. The zero-order valence-corrected chi connectivity index (χ0v) is 17.0. The van der Waals surface area contributed by atoms with Crippen LogP contribution in [0.1, 0.15) is 28.8 Å². The quantitative estimate of drug-likeness (QED) is 0.667. The second kappa shape index (κ2) is 8.46. The van der Waals surface area contributed by atoms with Gasteiger partial charge in [-0.3, -0.25) is 0 Å². The van der Waals surface area contributed by atoms with Crippen molar-refractivity contribution in [1.29, 1.82) is 0 Å². The van der Waals surface area contributed by atoms with E-state index in [2.05, 4.69) is 0 Å². The van der Waals surface area contributed by atoms with Gasteiger partial charge < -0.3 is 9.64 Å². The van der Waals surface area contributed by atoms with Crippen LogP contribution in [-0.2, 0) is 21.4 Å². The van der Waals surface area contributed by atoms with Crippen molar-refractivity contribution in [1.82, 2.24) is 4.31 Å². The van der Waals surface area contributed by atoms with Crippen LogP contribution < -0.4 is 4.90 Å². The lowest BCUT2D eigenvalue weighted by atomic mass is 10.1. The predicted octanol–water partition coefficient (Wildman–Crippen LogP) is 3.17. The van der Waals surface area contributed by atoms with Gasteiger partial charge in [-0.1, -0.05) is 12.1 Å². The Labute approximate surface area is 168 Å². The topological polar surface area (TPSA) is 66.9 Å². The van der Waals surface area contributed by atoms with Gasteiger partial charge in [0.05, 0.1) is 16.1 Å². The highest BCUT2D eigenvalue weighted by molar-refractivity contribution is 7.89. The highest BCUT2D eigenvalue weighted by Crippen LogP contribution is 2.29. The number of carbonyl (C=O) groups excluding carboxylic acids is 1. The average Bonchev–Trinajstić information content (AvgIpc) is 3.23. The van der Waals surface area contributed by atoms with Gasteiger partial charge in [-0.05, 0) is 37.1 Å². The molecule has 2 aromatic carbocycles. The monoisotopic (exact) mass is 424 g/mol. The van der Waals surface area contributed by atoms with Crippen molar-refractivity contribution in [3.8, 4) is 0 Å². The Morgan fingerprint density at radius 1 is 1.14 bits per heavy atom. The van der Waals surface area contributed by atoms with Gasteiger partial charge in [0.2, 0.25) is 10.0 Å². The van der Waals surface area contributed by atoms with E-state index in [-0.39, 0.29) is 16.0 Å². The smallest absolute Gasteiger partial charge is 0.340 e. The maximum Gasteiger partial charge on any atom is 0.340 e. The molecule has 0 unspecified atom stereocenters. The summed E-state index contributed by atoms with van der Waals surface area (Å²) >= 11 is 0. The van der Waals surface area contributed by atoms with Crippen molar-refractivity contribution in [2.75, 3.05) is 32.1 Å². The normalized spacial score (nSPS) is 14.4. The van der Waals surface area contributed by atoms with Crippen molar-refractivity contribution in [3.63, 3.8) is 0 Å². The highest BCUT2D eigenvalue weighted by atomic mass is 32.2. The maximum absolute atomic E-state index is 13.8. The molecule has 0 amide bonds. The molecular formula is C20H22F2N2O4S. The van der Waals surface area contributed by atoms with Crippen molar-refractivity contribution in [2.24, 2.45) is 0 Å².